The van der Waals surface area contributed by atoms with Gasteiger partial charge in [0.1, 0.15) is 0 Å². The van der Waals surface area contributed by atoms with Crippen LogP contribution in [0.5, 0.6) is 0 Å². The van der Waals surface area contributed by atoms with Crippen molar-refractivity contribution in [1.29, 1.82) is 0 Å². The average molecular weight is 372 g/mol. The van der Waals surface area contributed by atoms with Crippen molar-refractivity contribution in [2.45, 2.75) is 32.2 Å². The van der Waals surface area contributed by atoms with Gasteiger partial charge in [-0.3, -0.25) is 24.6 Å². The Bertz CT molecular complexity index is 763. The van der Waals surface area contributed by atoms with E-state index in [1.807, 2.05) is 29.2 Å². The SMILES string of the molecule is COCc1cc(CNC(=O)C[C@H]2C(=O)NCCN2Cc2ccccn2)[nH]n1. The molecule has 0 unspecified atom stereocenters. The van der Waals surface area contributed by atoms with Crippen molar-refractivity contribution in [2.24, 2.45) is 0 Å². The summed E-state index contributed by atoms with van der Waals surface area (Å²) < 4.78 is 5.01. The summed E-state index contributed by atoms with van der Waals surface area (Å²) in [4.78, 5) is 31.0. The number of aromatic amines is 1. The van der Waals surface area contributed by atoms with Crippen molar-refractivity contribution in [3.63, 3.8) is 0 Å². The zero-order valence-corrected chi connectivity index (χ0v) is 15.3. The number of carbonyl (C=O) groups is 2. The summed E-state index contributed by atoms with van der Waals surface area (Å²) in [5, 5.41) is 12.6. The molecule has 0 aliphatic carbocycles. The summed E-state index contributed by atoms with van der Waals surface area (Å²) in [5.74, 6) is -0.317. The summed E-state index contributed by atoms with van der Waals surface area (Å²) in [6.45, 7) is 2.52. The van der Waals surface area contributed by atoms with E-state index in [1.54, 1.807) is 13.3 Å². The molecule has 3 rings (SSSR count). The quantitative estimate of drug-likeness (QED) is 0.599. The van der Waals surface area contributed by atoms with Gasteiger partial charge in [-0.1, -0.05) is 6.07 Å². The molecule has 0 aromatic carbocycles. The van der Waals surface area contributed by atoms with E-state index in [9.17, 15) is 9.59 Å². The summed E-state index contributed by atoms with van der Waals surface area (Å²) in [5.41, 5.74) is 2.43. The van der Waals surface area contributed by atoms with Gasteiger partial charge in [0, 0.05) is 32.9 Å². The Kier molecular flexibility index (Phi) is 6.50. The molecule has 9 heteroatoms. The van der Waals surface area contributed by atoms with Crippen molar-refractivity contribution in [2.75, 3.05) is 20.2 Å². The van der Waals surface area contributed by atoms with Gasteiger partial charge in [-0.25, -0.2) is 0 Å². The first-order valence-electron chi connectivity index (χ1n) is 8.86. The Morgan fingerprint density at radius 1 is 1.41 bits per heavy atom. The molecule has 3 heterocycles. The van der Waals surface area contributed by atoms with E-state index >= 15 is 0 Å². The van der Waals surface area contributed by atoms with E-state index in [1.165, 1.54) is 0 Å². The molecule has 144 valence electrons. The number of amides is 2. The van der Waals surface area contributed by atoms with Crippen molar-refractivity contribution in [1.82, 2.24) is 30.7 Å². The third-order valence-electron chi connectivity index (χ3n) is 4.36. The highest BCUT2D eigenvalue weighted by atomic mass is 16.5. The molecule has 1 saturated heterocycles. The normalized spacial score (nSPS) is 17.5. The number of nitrogens with one attached hydrogen (secondary N) is 3. The number of carbonyl (C=O) groups excluding carboxylic acids is 2. The fourth-order valence-electron chi connectivity index (χ4n) is 3.04. The molecule has 3 N–H and O–H groups in total. The van der Waals surface area contributed by atoms with Crippen LogP contribution < -0.4 is 10.6 Å². The maximum atomic E-state index is 12.4. The van der Waals surface area contributed by atoms with Crippen LogP contribution in [0.15, 0.2) is 30.5 Å². The van der Waals surface area contributed by atoms with Crippen LogP contribution in [-0.4, -0.2) is 58.1 Å². The average Bonchev–Trinajstić information content (AvgIpc) is 3.12. The van der Waals surface area contributed by atoms with E-state index in [2.05, 4.69) is 25.8 Å². The lowest BCUT2D eigenvalue weighted by Gasteiger charge is -2.34. The highest BCUT2D eigenvalue weighted by molar-refractivity contribution is 5.88. The van der Waals surface area contributed by atoms with E-state index in [0.717, 1.165) is 17.1 Å². The van der Waals surface area contributed by atoms with Gasteiger partial charge in [-0.2, -0.15) is 5.10 Å². The van der Waals surface area contributed by atoms with Crippen LogP contribution >= 0.6 is 0 Å². The molecule has 0 bridgehead atoms. The van der Waals surface area contributed by atoms with E-state index in [-0.39, 0.29) is 18.2 Å². The third-order valence-corrected chi connectivity index (χ3v) is 4.36. The van der Waals surface area contributed by atoms with Crippen LogP contribution in [0.3, 0.4) is 0 Å². The number of ether oxygens (including phenoxy) is 1. The zero-order valence-electron chi connectivity index (χ0n) is 15.3. The Hall–Kier alpha value is -2.78. The number of piperazine rings is 1. The van der Waals surface area contributed by atoms with Gasteiger partial charge in [0.25, 0.3) is 0 Å². The number of aromatic nitrogens is 3. The van der Waals surface area contributed by atoms with E-state index in [4.69, 9.17) is 4.74 Å². The van der Waals surface area contributed by atoms with Crippen molar-refractivity contribution < 1.29 is 14.3 Å². The molecule has 2 aromatic rings. The Morgan fingerprint density at radius 3 is 3.07 bits per heavy atom. The number of rotatable bonds is 8. The van der Waals surface area contributed by atoms with Gasteiger partial charge in [-0.15, -0.1) is 0 Å². The standard InChI is InChI=1S/C18H24N6O3/c1-27-12-15-8-14(22-23-15)10-21-17(25)9-16-18(26)20-6-7-24(16)11-13-4-2-3-5-19-13/h2-5,8,16H,6-7,9-12H2,1H3,(H,20,26)(H,21,25)(H,22,23)/t16-/m0/s1. The fraction of sp³-hybridized carbons (Fsp3) is 0.444. The molecular weight excluding hydrogens is 348 g/mol. The molecule has 1 atom stereocenters. The van der Waals surface area contributed by atoms with E-state index in [0.29, 0.717) is 32.8 Å². The van der Waals surface area contributed by atoms with Crippen LogP contribution in [0, 0.1) is 0 Å². The van der Waals surface area contributed by atoms with Gasteiger partial charge in [-0.05, 0) is 18.2 Å². The first kappa shape index (κ1) is 19.0. The number of hydrogen-bond donors (Lipinski definition) is 3. The number of hydrogen-bond acceptors (Lipinski definition) is 6. The first-order valence-corrected chi connectivity index (χ1v) is 8.86. The van der Waals surface area contributed by atoms with Crippen LogP contribution in [0.2, 0.25) is 0 Å². The molecule has 1 aliphatic rings. The Morgan fingerprint density at radius 2 is 2.30 bits per heavy atom. The highest BCUT2D eigenvalue weighted by Crippen LogP contribution is 2.13. The number of H-pyrrole nitrogens is 1. The molecule has 2 amide bonds. The largest absolute Gasteiger partial charge is 0.378 e. The second kappa shape index (κ2) is 9.24. The van der Waals surface area contributed by atoms with Gasteiger partial charge in [0.2, 0.25) is 11.8 Å². The minimum absolute atomic E-state index is 0.0950. The maximum absolute atomic E-state index is 12.4. The molecular formula is C18H24N6O3. The highest BCUT2D eigenvalue weighted by Gasteiger charge is 2.31. The summed E-state index contributed by atoms with van der Waals surface area (Å²) in [6, 6.07) is 7.01. The monoisotopic (exact) mass is 372 g/mol. The first-order chi connectivity index (χ1) is 13.2. The Labute approximate surface area is 157 Å². The fourth-order valence-corrected chi connectivity index (χ4v) is 3.04. The lowest BCUT2D eigenvalue weighted by molar-refractivity contribution is -0.134. The zero-order chi connectivity index (χ0) is 19.1. The van der Waals surface area contributed by atoms with Gasteiger partial charge < -0.3 is 15.4 Å². The molecule has 1 fully saturated rings. The number of pyridine rings is 1. The predicted molar refractivity (Wildman–Crippen MR) is 97.2 cm³/mol. The van der Waals surface area contributed by atoms with Crippen LogP contribution in [0.4, 0.5) is 0 Å². The Balaban J connectivity index is 1.55. The van der Waals surface area contributed by atoms with Gasteiger partial charge in [0.15, 0.2) is 0 Å². The second-order valence-electron chi connectivity index (χ2n) is 6.40. The van der Waals surface area contributed by atoms with Crippen LogP contribution in [0.25, 0.3) is 0 Å². The van der Waals surface area contributed by atoms with Crippen molar-refractivity contribution in [3.05, 3.63) is 47.5 Å². The summed E-state index contributed by atoms with van der Waals surface area (Å²) in [7, 11) is 1.60. The minimum Gasteiger partial charge on any atom is -0.378 e. The third kappa shape index (κ3) is 5.35. The molecule has 27 heavy (non-hydrogen) atoms. The molecule has 2 aromatic heterocycles. The van der Waals surface area contributed by atoms with Gasteiger partial charge in [0.05, 0.1) is 42.7 Å². The second-order valence-corrected chi connectivity index (χ2v) is 6.40. The minimum atomic E-state index is -0.508. The van der Waals surface area contributed by atoms with E-state index < -0.39 is 6.04 Å². The predicted octanol–water partition coefficient (Wildman–Crippen LogP) is -0.0420. The van der Waals surface area contributed by atoms with Crippen molar-refractivity contribution >= 4 is 11.8 Å². The molecule has 0 saturated carbocycles. The van der Waals surface area contributed by atoms with Crippen molar-refractivity contribution in [3.8, 4) is 0 Å². The summed E-state index contributed by atoms with van der Waals surface area (Å²) in [6.07, 6.45) is 1.82. The van der Waals surface area contributed by atoms with Crippen LogP contribution in [-0.2, 0) is 34.0 Å². The van der Waals surface area contributed by atoms with Gasteiger partial charge >= 0.3 is 0 Å². The molecule has 0 radical (unpaired) electrons. The maximum Gasteiger partial charge on any atom is 0.237 e. The lowest BCUT2D eigenvalue weighted by Crippen LogP contribution is -2.56. The van der Waals surface area contributed by atoms with Crippen LogP contribution in [0.1, 0.15) is 23.5 Å². The molecule has 0 spiro atoms. The lowest BCUT2D eigenvalue weighted by atomic mass is 10.1. The molecule has 9 nitrogen and oxygen atoms in total. The summed E-state index contributed by atoms with van der Waals surface area (Å²) >= 11 is 0. The molecule has 1 aliphatic heterocycles. The number of methoxy groups -OCH3 is 1. The smallest absolute Gasteiger partial charge is 0.237 e. The topological polar surface area (TPSA) is 112 Å². The number of nitrogens with zero attached hydrogens (tertiary/aromatic N) is 3.